The smallest absolute Gasteiger partial charge is 0.328 e. The van der Waals surface area contributed by atoms with Gasteiger partial charge in [0.05, 0.1) is 12.2 Å². The van der Waals surface area contributed by atoms with Crippen LogP contribution in [0.2, 0.25) is 0 Å². The summed E-state index contributed by atoms with van der Waals surface area (Å²) in [6.45, 7) is -0.693. The van der Waals surface area contributed by atoms with E-state index in [9.17, 15) is 9.59 Å². The number of amides is 1. The number of nitrogen functional groups attached to an aromatic ring is 1. The van der Waals surface area contributed by atoms with Gasteiger partial charge in [-0.1, -0.05) is 0 Å². The van der Waals surface area contributed by atoms with Crippen molar-refractivity contribution in [2.75, 3.05) is 12.3 Å². The van der Waals surface area contributed by atoms with Crippen molar-refractivity contribution in [3.8, 4) is 0 Å². The van der Waals surface area contributed by atoms with Crippen LogP contribution in [0.4, 0.5) is 5.82 Å². The summed E-state index contributed by atoms with van der Waals surface area (Å²) in [5, 5.41) is 19.5. The van der Waals surface area contributed by atoms with E-state index < -0.39 is 24.5 Å². The molecule has 5 N–H and O–H groups in total. The maximum Gasteiger partial charge on any atom is 0.328 e. The Morgan fingerprint density at radius 3 is 2.75 bits per heavy atom. The van der Waals surface area contributed by atoms with Gasteiger partial charge in [0.2, 0.25) is 0 Å². The van der Waals surface area contributed by atoms with Crippen LogP contribution in [0.5, 0.6) is 0 Å². The summed E-state index contributed by atoms with van der Waals surface area (Å²) in [6.07, 6.45) is 1.41. The van der Waals surface area contributed by atoms with Gasteiger partial charge >= 0.3 is 5.97 Å². The monoisotopic (exact) mass is 225 g/mol. The molecule has 0 aliphatic rings. The van der Waals surface area contributed by atoms with Crippen molar-refractivity contribution in [1.29, 1.82) is 0 Å². The molecule has 1 unspecified atom stereocenters. The first kappa shape index (κ1) is 11.9. The highest BCUT2D eigenvalue weighted by Gasteiger charge is 2.20. The molecule has 0 fully saturated rings. The summed E-state index contributed by atoms with van der Waals surface area (Å²) < 4.78 is 0. The van der Waals surface area contributed by atoms with Crippen LogP contribution in [0.15, 0.2) is 18.3 Å². The molecule has 0 saturated heterocycles. The van der Waals surface area contributed by atoms with Crippen molar-refractivity contribution in [1.82, 2.24) is 10.3 Å². The van der Waals surface area contributed by atoms with Crippen LogP contribution in [0, 0.1) is 0 Å². The van der Waals surface area contributed by atoms with Gasteiger partial charge in [-0.25, -0.2) is 9.78 Å². The Morgan fingerprint density at radius 2 is 2.25 bits per heavy atom. The fourth-order valence-electron chi connectivity index (χ4n) is 1.03. The van der Waals surface area contributed by atoms with Crippen LogP contribution in [0.1, 0.15) is 10.4 Å². The molecule has 16 heavy (non-hydrogen) atoms. The zero-order valence-corrected chi connectivity index (χ0v) is 8.25. The lowest BCUT2D eigenvalue weighted by Crippen LogP contribution is -2.43. The Hall–Kier alpha value is -2.15. The van der Waals surface area contributed by atoms with Gasteiger partial charge in [-0.05, 0) is 12.1 Å². The molecule has 0 aromatic carbocycles. The number of carbonyl (C=O) groups is 2. The first-order chi connectivity index (χ1) is 7.56. The largest absolute Gasteiger partial charge is 0.480 e. The van der Waals surface area contributed by atoms with Crippen LogP contribution in [0.3, 0.4) is 0 Å². The third-order valence-corrected chi connectivity index (χ3v) is 1.87. The molecule has 1 rings (SSSR count). The topological polar surface area (TPSA) is 126 Å². The Kier molecular flexibility index (Phi) is 3.78. The Bertz CT molecular complexity index is 407. The second kappa shape index (κ2) is 5.08. The van der Waals surface area contributed by atoms with Gasteiger partial charge < -0.3 is 21.3 Å². The van der Waals surface area contributed by atoms with E-state index in [0.717, 1.165) is 0 Å². The first-order valence-corrected chi connectivity index (χ1v) is 4.41. The first-order valence-electron chi connectivity index (χ1n) is 4.41. The van der Waals surface area contributed by atoms with E-state index in [2.05, 4.69) is 10.3 Å². The van der Waals surface area contributed by atoms with Gasteiger partial charge in [0.25, 0.3) is 5.91 Å². The molecule has 1 atom stereocenters. The van der Waals surface area contributed by atoms with Crippen molar-refractivity contribution in [3.05, 3.63) is 23.9 Å². The van der Waals surface area contributed by atoms with E-state index in [1.807, 2.05) is 0 Å². The molecular weight excluding hydrogens is 214 g/mol. The van der Waals surface area contributed by atoms with Crippen molar-refractivity contribution in [2.45, 2.75) is 6.04 Å². The third-order valence-electron chi connectivity index (χ3n) is 1.87. The second-order valence-corrected chi connectivity index (χ2v) is 2.98. The molecule has 7 nitrogen and oxygen atoms in total. The number of aliphatic hydroxyl groups is 1. The number of rotatable bonds is 4. The standard InChI is InChI=1S/C9H11N3O4/c10-7-5(2-1-3-11-7)8(14)12-6(4-13)9(15)16/h1-3,6,13H,4H2,(H2,10,11)(H,12,14)(H,15,16). The molecule has 0 bridgehead atoms. The zero-order valence-electron chi connectivity index (χ0n) is 8.25. The lowest BCUT2D eigenvalue weighted by atomic mass is 10.2. The lowest BCUT2D eigenvalue weighted by molar-refractivity contribution is -0.140. The van der Waals surface area contributed by atoms with E-state index in [-0.39, 0.29) is 11.4 Å². The number of aliphatic carboxylic acids is 1. The quantitative estimate of drug-likeness (QED) is 0.512. The van der Waals surface area contributed by atoms with Gasteiger partial charge in [0.15, 0.2) is 6.04 Å². The van der Waals surface area contributed by atoms with Crippen molar-refractivity contribution >= 4 is 17.7 Å². The number of hydrogen-bond donors (Lipinski definition) is 4. The molecule has 0 aliphatic carbocycles. The average Bonchev–Trinajstić information content (AvgIpc) is 2.25. The van der Waals surface area contributed by atoms with E-state index in [4.69, 9.17) is 15.9 Å². The predicted octanol–water partition coefficient (Wildman–Crippen LogP) is -1.16. The van der Waals surface area contributed by atoms with Gasteiger partial charge in [-0.3, -0.25) is 4.79 Å². The van der Waals surface area contributed by atoms with Crippen LogP contribution in [-0.4, -0.2) is 39.7 Å². The fraction of sp³-hybridized carbons (Fsp3) is 0.222. The van der Waals surface area contributed by atoms with Crippen molar-refractivity contribution in [3.63, 3.8) is 0 Å². The number of carboxylic acids is 1. The number of nitrogens with two attached hydrogens (primary N) is 1. The normalized spacial score (nSPS) is 11.8. The minimum atomic E-state index is -1.35. The second-order valence-electron chi connectivity index (χ2n) is 2.98. The summed E-state index contributed by atoms with van der Waals surface area (Å²) in [6, 6.07) is 1.56. The highest BCUT2D eigenvalue weighted by molar-refractivity contribution is 6.00. The summed E-state index contributed by atoms with van der Waals surface area (Å²) in [5.41, 5.74) is 5.50. The SMILES string of the molecule is Nc1ncccc1C(=O)NC(CO)C(=O)O. The Balaban J connectivity index is 2.80. The number of hydrogen-bond acceptors (Lipinski definition) is 5. The van der Waals surface area contributed by atoms with E-state index in [0.29, 0.717) is 0 Å². The molecular formula is C9H11N3O4. The van der Waals surface area contributed by atoms with Crippen LogP contribution in [0.25, 0.3) is 0 Å². The molecule has 1 aromatic rings. The fourth-order valence-corrected chi connectivity index (χ4v) is 1.03. The van der Waals surface area contributed by atoms with Crippen molar-refractivity contribution < 1.29 is 19.8 Å². The summed E-state index contributed by atoms with van der Waals surface area (Å²) in [7, 11) is 0. The highest BCUT2D eigenvalue weighted by Crippen LogP contribution is 2.06. The summed E-state index contributed by atoms with van der Waals surface area (Å²) >= 11 is 0. The molecule has 0 saturated carbocycles. The predicted molar refractivity (Wildman–Crippen MR) is 54.6 cm³/mol. The van der Waals surface area contributed by atoms with E-state index in [1.165, 1.54) is 18.3 Å². The number of carboxylic acid groups (broad SMARTS) is 1. The Labute approximate surface area is 90.9 Å². The zero-order chi connectivity index (χ0) is 12.1. The molecule has 1 aromatic heterocycles. The van der Waals surface area contributed by atoms with E-state index >= 15 is 0 Å². The van der Waals surface area contributed by atoms with Gasteiger partial charge in [-0.15, -0.1) is 0 Å². The number of pyridine rings is 1. The van der Waals surface area contributed by atoms with Crippen LogP contribution >= 0.6 is 0 Å². The Morgan fingerprint density at radius 1 is 1.56 bits per heavy atom. The molecule has 7 heteroatoms. The molecule has 86 valence electrons. The molecule has 1 heterocycles. The average molecular weight is 225 g/mol. The number of nitrogens with one attached hydrogen (secondary N) is 1. The molecule has 0 spiro atoms. The number of nitrogens with zero attached hydrogens (tertiary/aromatic N) is 1. The highest BCUT2D eigenvalue weighted by atomic mass is 16.4. The maximum absolute atomic E-state index is 11.5. The van der Waals surface area contributed by atoms with Crippen LogP contribution < -0.4 is 11.1 Å². The number of anilines is 1. The van der Waals surface area contributed by atoms with Crippen molar-refractivity contribution in [2.24, 2.45) is 0 Å². The van der Waals surface area contributed by atoms with E-state index in [1.54, 1.807) is 0 Å². The molecule has 1 amide bonds. The third kappa shape index (κ3) is 2.67. The number of aliphatic hydroxyl groups excluding tert-OH is 1. The molecule has 0 aliphatic heterocycles. The summed E-state index contributed by atoms with van der Waals surface area (Å²) in [4.78, 5) is 25.8. The lowest BCUT2D eigenvalue weighted by Gasteiger charge is -2.11. The van der Waals surface area contributed by atoms with Gasteiger partial charge in [0.1, 0.15) is 5.82 Å². The van der Waals surface area contributed by atoms with Gasteiger partial charge in [-0.2, -0.15) is 0 Å². The van der Waals surface area contributed by atoms with Gasteiger partial charge in [0, 0.05) is 6.20 Å². The minimum absolute atomic E-state index is 0.00192. The maximum atomic E-state index is 11.5. The molecule has 0 radical (unpaired) electrons. The van der Waals surface area contributed by atoms with Crippen LogP contribution in [-0.2, 0) is 4.79 Å². The summed E-state index contributed by atoms with van der Waals surface area (Å²) in [5.74, 6) is -2.01. The minimum Gasteiger partial charge on any atom is -0.480 e. The number of aromatic nitrogens is 1. The number of carbonyl (C=O) groups excluding carboxylic acids is 1.